The van der Waals surface area contributed by atoms with Gasteiger partial charge in [-0.05, 0) is 61.7 Å². The summed E-state index contributed by atoms with van der Waals surface area (Å²) in [7, 11) is 0. The Morgan fingerprint density at radius 3 is 2.53 bits per heavy atom. The number of anilines is 1. The van der Waals surface area contributed by atoms with Crippen LogP contribution in [-0.4, -0.2) is 27.0 Å². The molecule has 4 aromatic rings. The van der Waals surface area contributed by atoms with Crippen LogP contribution in [0, 0.1) is 12.7 Å². The van der Waals surface area contributed by atoms with Crippen LogP contribution >= 0.6 is 11.6 Å². The molecule has 1 aromatic heterocycles. The van der Waals surface area contributed by atoms with E-state index >= 15 is 0 Å². The molecule has 8 heteroatoms. The van der Waals surface area contributed by atoms with Gasteiger partial charge in [-0.1, -0.05) is 55.8 Å². The fraction of sp³-hybridized carbons (Fsp3) is 0.250. The summed E-state index contributed by atoms with van der Waals surface area (Å²) in [5.74, 6) is -0.196. The number of aryl methyl sites for hydroxylation is 1. The fourth-order valence-electron chi connectivity index (χ4n) is 4.33. The molecule has 1 atom stereocenters. The number of amides is 2. The molecule has 0 saturated carbocycles. The second-order valence-electron chi connectivity index (χ2n) is 8.59. The third-order valence-electron chi connectivity index (χ3n) is 6.14. The normalized spacial score (nSPS) is 11.9. The summed E-state index contributed by atoms with van der Waals surface area (Å²) >= 11 is 6.08. The predicted octanol–water partition coefficient (Wildman–Crippen LogP) is 6.88. The minimum atomic E-state index is -0.582. The van der Waals surface area contributed by atoms with Crippen LogP contribution in [0.15, 0.2) is 71.5 Å². The molecule has 6 nitrogen and oxygen atoms in total. The molecule has 0 radical (unpaired) electrons. The number of nitrogens with one attached hydrogen (secondary N) is 1. The Labute approximate surface area is 214 Å². The maximum Gasteiger partial charge on any atom is 0.322 e. The topological polar surface area (TPSA) is 67.2 Å². The van der Waals surface area contributed by atoms with Gasteiger partial charge in [0.05, 0.1) is 27.7 Å². The highest BCUT2D eigenvalue weighted by Gasteiger charge is 2.29. The van der Waals surface area contributed by atoms with E-state index in [4.69, 9.17) is 16.6 Å². The van der Waals surface area contributed by atoms with E-state index in [0.29, 0.717) is 47.5 Å². The maximum absolute atomic E-state index is 14.0. The zero-order valence-corrected chi connectivity index (χ0v) is 21.2. The summed E-state index contributed by atoms with van der Waals surface area (Å²) in [5, 5.41) is 3.33. The molecule has 0 spiro atoms. The van der Waals surface area contributed by atoms with Gasteiger partial charge in [-0.15, -0.1) is 0 Å². The lowest BCUT2D eigenvalue weighted by atomic mass is 10.1. The van der Waals surface area contributed by atoms with Crippen LogP contribution in [0.4, 0.5) is 14.9 Å². The van der Waals surface area contributed by atoms with Crippen molar-refractivity contribution in [3.8, 4) is 5.69 Å². The van der Waals surface area contributed by atoms with Gasteiger partial charge in [0.1, 0.15) is 11.6 Å². The van der Waals surface area contributed by atoms with E-state index in [0.717, 1.165) is 5.56 Å². The molecule has 0 bridgehead atoms. The van der Waals surface area contributed by atoms with Gasteiger partial charge in [0.25, 0.3) is 5.56 Å². The van der Waals surface area contributed by atoms with Crippen molar-refractivity contribution in [1.29, 1.82) is 0 Å². The molecule has 0 aliphatic rings. The van der Waals surface area contributed by atoms with E-state index in [1.165, 1.54) is 22.8 Å². The van der Waals surface area contributed by atoms with Crippen LogP contribution in [0.3, 0.4) is 0 Å². The SMILES string of the molecule is CCCN(C(=O)Nc1ccccc1C)C(CC)c1nc2ccccc2c(=O)n1-c1ccc(F)c(Cl)c1. The molecule has 1 N–H and O–H groups in total. The number of aromatic nitrogens is 2. The summed E-state index contributed by atoms with van der Waals surface area (Å²) in [6.07, 6.45) is 1.21. The Morgan fingerprint density at radius 1 is 1.11 bits per heavy atom. The molecule has 0 fully saturated rings. The van der Waals surface area contributed by atoms with Gasteiger partial charge in [0.15, 0.2) is 0 Å². The number of para-hydroxylation sites is 2. The molecule has 36 heavy (non-hydrogen) atoms. The minimum absolute atomic E-state index is 0.103. The highest BCUT2D eigenvalue weighted by molar-refractivity contribution is 6.30. The minimum Gasteiger partial charge on any atom is -0.314 e. The quantitative estimate of drug-likeness (QED) is 0.297. The van der Waals surface area contributed by atoms with Crippen molar-refractivity contribution in [3.05, 3.63) is 99.3 Å². The summed E-state index contributed by atoms with van der Waals surface area (Å²) in [6, 6.07) is 17.9. The van der Waals surface area contributed by atoms with Crippen LogP contribution < -0.4 is 10.9 Å². The number of hydrogen-bond donors (Lipinski definition) is 1. The van der Waals surface area contributed by atoms with Gasteiger partial charge in [-0.2, -0.15) is 0 Å². The Hall–Kier alpha value is -3.71. The third-order valence-corrected chi connectivity index (χ3v) is 6.43. The highest BCUT2D eigenvalue weighted by Crippen LogP contribution is 2.28. The van der Waals surface area contributed by atoms with E-state index < -0.39 is 11.9 Å². The van der Waals surface area contributed by atoms with Crippen LogP contribution in [0.1, 0.15) is 44.1 Å². The molecule has 186 valence electrons. The molecule has 0 aliphatic heterocycles. The molecule has 1 unspecified atom stereocenters. The van der Waals surface area contributed by atoms with Gasteiger partial charge in [-0.3, -0.25) is 9.36 Å². The number of halogens is 2. The van der Waals surface area contributed by atoms with Gasteiger partial charge in [-0.25, -0.2) is 14.2 Å². The zero-order valence-electron chi connectivity index (χ0n) is 20.5. The van der Waals surface area contributed by atoms with Gasteiger partial charge in [0, 0.05) is 12.2 Å². The molecule has 1 heterocycles. The summed E-state index contributed by atoms with van der Waals surface area (Å²) in [5.41, 5.74) is 2.25. The summed E-state index contributed by atoms with van der Waals surface area (Å²) in [4.78, 5) is 33.8. The predicted molar refractivity (Wildman–Crippen MR) is 143 cm³/mol. The van der Waals surface area contributed by atoms with Crippen LogP contribution in [0.25, 0.3) is 16.6 Å². The molecular formula is C28H28ClFN4O2. The standard InChI is InChI=1S/C28H28ClFN4O2/c1-4-16-33(28(36)32-23-12-8-6-10-18(23)3)25(5-2)26-31-24-13-9-7-11-20(24)27(35)34(26)19-14-15-22(30)21(29)17-19/h6-15,17,25H,4-5,16H2,1-3H3,(H,32,36). The molecule has 3 aromatic carbocycles. The first-order chi connectivity index (χ1) is 17.3. The number of rotatable bonds is 7. The van der Waals surface area contributed by atoms with Crippen LogP contribution in [-0.2, 0) is 0 Å². The Kier molecular flexibility index (Phi) is 7.70. The second-order valence-corrected chi connectivity index (χ2v) is 9.00. The summed E-state index contributed by atoms with van der Waals surface area (Å²) < 4.78 is 15.4. The smallest absolute Gasteiger partial charge is 0.314 e. The van der Waals surface area contributed by atoms with Gasteiger partial charge >= 0.3 is 6.03 Å². The molecule has 0 saturated heterocycles. The summed E-state index contributed by atoms with van der Waals surface area (Å²) in [6.45, 7) is 6.31. The number of carbonyl (C=O) groups excluding carboxylic acids is 1. The van der Waals surface area contributed by atoms with E-state index in [9.17, 15) is 14.0 Å². The van der Waals surface area contributed by atoms with E-state index in [1.54, 1.807) is 23.1 Å². The Balaban J connectivity index is 1.89. The van der Waals surface area contributed by atoms with Crippen LogP contribution in [0.2, 0.25) is 5.02 Å². The number of carbonyl (C=O) groups is 1. The lowest BCUT2D eigenvalue weighted by molar-refractivity contribution is 0.181. The zero-order chi connectivity index (χ0) is 25.8. The van der Waals surface area contributed by atoms with E-state index in [-0.39, 0.29) is 16.6 Å². The van der Waals surface area contributed by atoms with E-state index in [1.807, 2.05) is 51.1 Å². The number of hydrogen-bond acceptors (Lipinski definition) is 3. The number of fused-ring (bicyclic) bond motifs is 1. The van der Waals surface area contributed by atoms with Crippen molar-refractivity contribution in [2.75, 3.05) is 11.9 Å². The monoisotopic (exact) mass is 506 g/mol. The first kappa shape index (κ1) is 25.4. The molecule has 0 aliphatic carbocycles. The van der Waals surface area contributed by atoms with Crippen molar-refractivity contribution in [2.45, 2.75) is 39.7 Å². The van der Waals surface area contributed by atoms with Crippen molar-refractivity contribution in [3.63, 3.8) is 0 Å². The first-order valence-corrected chi connectivity index (χ1v) is 12.3. The van der Waals surface area contributed by atoms with Crippen molar-refractivity contribution in [1.82, 2.24) is 14.5 Å². The number of benzene rings is 3. The second kappa shape index (κ2) is 10.9. The molecule has 4 rings (SSSR count). The first-order valence-electron chi connectivity index (χ1n) is 12.0. The Bertz CT molecular complexity index is 1470. The molecule has 2 amide bonds. The van der Waals surface area contributed by atoms with E-state index in [2.05, 4.69) is 5.32 Å². The maximum atomic E-state index is 14.0. The highest BCUT2D eigenvalue weighted by atomic mass is 35.5. The lowest BCUT2D eigenvalue weighted by Gasteiger charge is -2.32. The number of urea groups is 1. The van der Waals surface area contributed by atoms with Crippen molar-refractivity contribution >= 4 is 34.2 Å². The lowest BCUT2D eigenvalue weighted by Crippen LogP contribution is -2.41. The van der Waals surface area contributed by atoms with Crippen molar-refractivity contribution in [2.24, 2.45) is 0 Å². The number of nitrogens with zero attached hydrogens (tertiary/aromatic N) is 3. The largest absolute Gasteiger partial charge is 0.322 e. The van der Waals surface area contributed by atoms with Gasteiger partial charge in [0.2, 0.25) is 0 Å². The average Bonchev–Trinajstić information content (AvgIpc) is 2.87. The fourth-order valence-corrected chi connectivity index (χ4v) is 4.50. The average molecular weight is 507 g/mol. The van der Waals surface area contributed by atoms with Crippen LogP contribution in [0.5, 0.6) is 0 Å². The van der Waals surface area contributed by atoms with Crippen molar-refractivity contribution < 1.29 is 9.18 Å². The molecular weight excluding hydrogens is 479 g/mol. The Morgan fingerprint density at radius 2 is 1.83 bits per heavy atom. The van der Waals surface area contributed by atoms with Gasteiger partial charge < -0.3 is 10.2 Å². The third kappa shape index (κ3) is 4.97.